The fraction of sp³-hybridized carbons (Fsp3) is 0.667. The second-order valence-electron chi connectivity index (χ2n) is 6.49. The van der Waals surface area contributed by atoms with E-state index >= 15 is 0 Å². The molecule has 1 heterocycles. The Morgan fingerprint density at radius 3 is 2.70 bits per heavy atom. The van der Waals surface area contributed by atoms with Gasteiger partial charge in [0.15, 0.2) is 0 Å². The lowest BCUT2D eigenvalue weighted by atomic mass is 10.00. The Bertz CT molecular complexity index is 423. The lowest BCUT2D eigenvalue weighted by Crippen LogP contribution is -2.25. The van der Waals surface area contributed by atoms with E-state index in [9.17, 15) is 0 Å². The van der Waals surface area contributed by atoms with Gasteiger partial charge in [-0.1, -0.05) is 38.0 Å². The number of para-hydroxylation sites is 1. The molecule has 2 heteroatoms. The van der Waals surface area contributed by atoms with E-state index in [1.807, 2.05) is 0 Å². The molecule has 0 spiro atoms. The lowest BCUT2D eigenvalue weighted by molar-refractivity contribution is 0.331. The van der Waals surface area contributed by atoms with E-state index in [4.69, 9.17) is 0 Å². The maximum atomic E-state index is 3.86. The summed E-state index contributed by atoms with van der Waals surface area (Å²) in [5, 5.41) is 3.86. The van der Waals surface area contributed by atoms with Crippen LogP contribution in [0.2, 0.25) is 0 Å². The second kappa shape index (κ2) is 6.62. The third-order valence-electron chi connectivity index (χ3n) is 5.13. The number of likely N-dealkylation sites (tertiary alicyclic amines) is 1. The van der Waals surface area contributed by atoms with E-state index in [0.29, 0.717) is 6.04 Å². The maximum absolute atomic E-state index is 3.86. The molecule has 1 aliphatic heterocycles. The first-order valence-electron chi connectivity index (χ1n) is 8.43. The van der Waals surface area contributed by atoms with E-state index in [2.05, 4.69) is 41.4 Å². The summed E-state index contributed by atoms with van der Waals surface area (Å²) < 4.78 is 0. The van der Waals surface area contributed by atoms with Crippen molar-refractivity contribution >= 4 is 5.69 Å². The molecule has 2 nitrogen and oxygen atoms in total. The Labute approximate surface area is 123 Å². The minimum absolute atomic E-state index is 0.694. The minimum atomic E-state index is 0.694. The molecular weight excluding hydrogens is 244 g/mol. The molecule has 110 valence electrons. The van der Waals surface area contributed by atoms with Gasteiger partial charge in [0.05, 0.1) is 0 Å². The molecule has 0 amide bonds. The Morgan fingerprint density at radius 1 is 1.10 bits per heavy atom. The van der Waals surface area contributed by atoms with E-state index in [1.54, 1.807) is 0 Å². The van der Waals surface area contributed by atoms with Crippen LogP contribution in [0.5, 0.6) is 0 Å². The van der Waals surface area contributed by atoms with E-state index in [0.717, 1.165) is 12.5 Å². The summed E-state index contributed by atoms with van der Waals surface area (Å²) in [5.41, 5.74) is 2.86. The quantitative estimate of drug-likeness (QED) is 0.861. The zero-order chi connectivity index (χ0) is 13.8. The minimum Gasteiger partial charge on any atom is -0.382 e. The molecular formula is C18H28N2. The summed E-state index contributed by atoms with van der Waals surface area (Å²) in [7, 11) is 0. The number of nitrogens with one attached hydrogen (secondary N) is 1. The number of hydrogen-bond donors (Lipinski definition) is 1. The molecule has 1 N–H and O–H groups in total. The molecule has 0 radical (unpaired) electrons. The average molecular weight is 272 g/mol. The SMILES string of the molecule is CCC1CCCC1Nc1ccccc1CN1CCCC1. The van der Waals surface area contributed by atoms with Crippen molar-refractivity contribution in [1.29, 1.82) is 0 Å². The molecule has 2 aliphatic rings. The molecule has 2 atom stereocenters. The van der Waals surface area contributed by atoms with Gasteiger partial charge in [-0.25, -0.2) is 0 Å². The monoisotopic (exact) mass is 272 g/mol. The second-order valence-corrected chi connectivity index (χ2v) is 6.49. The number of anilines is 1. The molecule has 20 heavy (non-hydrogen) atoms. The van der Waals surface area contributed by atoms with Crippen molar-refractivity contribution < 1.29 is 0 Å². The van der Waals surface area contributed by atoms with Crippen molar-refractivity contribution in [3.8, 4) is 0 Å². The van der Waals surface area contributed by atoms with Crippen molar-refractivity contribution in [1.82, 2.24) is 4.90 Å². The summed E-state index contributed by atoms with van der Waals surface area (Å²) in [6.07, 6.45) is 8.20. The van der Waals surface area contributed by atoms with Gasteiger partial charge in [-0.15, -0.1) is 0 Å². The molecule has 2 unspecified atom stereocenters. The first-order chi connectivity index (χ1) is 9.86. The van der Waals surface area contributed by atoms with Crippen molar-refractivity contribution in [3.05, 3.63) is 29.8 Å². The van der Waals surface area contributed by atoms with E-state index in [-0.39, 0.29) is 0 Å². The van der Waals surface area contributed by atoms with Crippen LogP contribution in [0.3, 0.4) is 0 Å². The van der Waals surface area contributed by atoms with Crippen LogP contribution < -0.4 is 5.32 Å². The smallest absolute Gasteiger partial charge is 0.0388 e. The van der Waals surface area contributed by atoms with Gasteiger partial charge < -0.3 is 5.32 Å². The molecule has 2 fully saturated rings. The fourth-order valence-electron chi connectivity index (χ4n) is 3.90. The number of rotatable bonds is 5. The van der Waals surface area contributed by atoms with Crippen molar-refractivity contribution in [2.45, 2.75) is 58.0 Å². The van der Waals surface area contributed by atoms with Crippen LogP contribution in [-0.2, 0) is 6.54 Å². The van der Waals surface area contributed by atoms with Crippen LogP contribution in [0, 0.1) is 5.92 Å². The Balaban J connectivity index is 1.68. The van der Waals surface area contributed by atoms with Gasteiger partial charge in [0.1, 0.15) is 0 Å². The molecule has 1 aromatic carbocycles. The van der Waals surface area contributed by atoms with Crippen molar-refractivity contribution in [2.24, 2.45) is 5.92 Å². The van der Waals surface area contributed by atoms with Gasteiger partial charge in [-0.3, -0.25) is 4.90 Å². The lowest BCUT2D eigenvalue weighted by Gasteiger charge is -2.24. The molecule has 0 aromatic heterocycles. The molecule has 0 bridgehead atoms. The van der Waals surface area contributed by atoms with Crippen LogP contribution in [0.25, 0.3) is 0 Å². The topological polar surface area (TPSA) is 15.3 Å². The molecule has 1 aliphatic carbocycles. The predicted molar refractivity (Wildman–Crippen MR) is 86.0 cm³/mol. The third-order valence-corrected chi connectivity index (χ3v) is 5.13. The Hall–Kier alpha value is -1.02. The number of nitrogens with zero attached hydrogens (tertiary/aromatic N) is 1. The highest BCUT2D eigenvalue weighted by Crippen LogP contribution is 2.32. The number of hydrogen-bond acceptors (Lipinski definition) is 2. The van der Waals surface area contributed by atoms with Crippen molar-refractivity contribution in [2.75, 3.05) is 18.4 Å². The van der Waals surface area contributed by atoms with Crippen LogP contribution in [0.4, 0.5) is 5.69 Å². The van der Waals surface area contributed by atoms with E-state index in [1.165, 1.54) is 62.9 Å². The predicted octanol–water partition coefficient (Wildman–Crippen LogP) is 4.27. The highest BCUT2D eigenvalue weighted by atomic mass is 15.1. The van der Waals surface area contributed by atoms with Crippen LogP contribution in [0.15, 0.2) is 24.3 Å². The van der Waals surface area contributed by atoms with Gasteiger partial charge in [0, 0.05) is 18.3 Å². The van der Waals surface area contributed by atoms with Crippen LogP contribution in [-0.4, -0.2) is 24.0 Å². The fourth-order valence-corrected chi connectivity index (χ4v) is 3.90. The first kappa shape index (κ1) is 13.9. The summed E-state index contributed by atoms with van der Waals surface area (Å²) in [6.45, 7) is 6.00. The Morgan fingerprint density at radius 2 is 1.90 bits per heavy atom. The molecule has 1 aromatic rings. The van der Waals surface area contributed by atoms with Gasteiger partial charge in [-0.05, 0) is 56.3 Å². The average Bonchev–Trinajstić information content (AvgIpc) is 3.12. The first-order valence-corrected chi connectivity index (χ1v) is 8.43. The summed E-state index contributed by atoms with van der Waals surface area (Å²) in [6, 6.07) is 9.63. The molecule has 3 rings (SSSR count). The van der Waals surface area contributed by atoms with Gasteiger partial charge >= 0.3 is 0 Å². The van der Waals surface area contributed by atoms with Crippen molar-refractivity contribution in [3.63, 3.8) is 0 Å². The highest BCUT2D eigenvalue weighted by molar-refractivity contribution is 5.52. The van der Waals surface area contributed by atoms with Crippen LogP contribution >= 0.6 is 0 Å². The van der Waals surface area contributed by atoms with Crippen LogP contribution in [0.1, 0.15) is 51.0 Å². The van der Waals surface area contributed by atoms with Gasteiger partial charge in [0.2, 0.25) is 0 Å². The standard InChI is InChI=1S/C18H28N2/c1-2-15-9-7-11-17(15)19-18-10-4-3-8-16(18)14-20-12-5-6-13-20/h3-4,8,10,15,17,19H,2,5-7,9,11-14H2,1H3. The van der Waals surface area contributed by atoms with Gasteiger partial charge in [0.25, 0.3) is 0 Å². The summed E-state index contributed by atoms with van der Waals surface area (Å²) in [5.74, 6) is 0.870. The van der Waals surface area contributed by atoms with Gasteiger partial charge in [-0.2, -0.15) is 0 Å². The largest absolute Gasteiger partial charge is 0.382 e. The number of benzene rings is 1. The Kier molecular flexibility index (Phi) is 4.62. The molecule has 1 saturated heterocycles. The van der Waals surface area contributed by atoms with E-state index < -0.39 is 0 Å². The zero-order valence-corrected chi connectivity index (χ0v) is 12.8. The zero-order valence-electron chi connectivity index (χ0n) is 12.8. The third kappa shape index (κ3) is 3.17. The summed E-state index contributed by atoms with van der Waals surface area (Å²) >= 11 is 0. The molecule has 1 saturated carbocycles. The maximum Gasteiger partial charge on any atom is 0.0388 e. The highest BCUT2D eigenvalue weighted by Gasteiger charge is 2.26. The summed E-state index contributed by atoms with van der Waals surface area (Å²) in [4.78, 5) is 2.59. The normalized spacial score (nSPS) is 27.1.